The number of methoxy groups -OCH3 is 1. The molecule has 0 saturated carbocycles. The fourth-order valence-electron chi connectivity index (χ4n) is 2.03. The Morgan fingerprint density at radius 1 is 1.52 bits per heavy atom. The maximum Gasteiger partial charge on any atom is 0.287 e. The van der Waals surface area contributed by atoms with Gasteiger partial charge in [0, 0.05) is 17.7 Å². The number of nitrogens with one attached hydrogen (secondary N) is 1. The van der Waals surface area contributed by atoms with Gasteiger partial charge in [-0.3, -0.25) is 4.79 Å². The topological polar surface area (TPSA) is 71.7 Å². The van der Waals surface area contributed by atoms with Crippen LogP contribution in [-0.4, -0.2) is 42.3 Å². The highest BCUT2D eigenvalue weighted by atomic mass is 32.2. The van der Waals surface area contributed by atoms with Crippen LogP contribution in [0.2, 0.25) is 0 Å². The van der Waals surface area contributed by atoms with E-state index < -0.39 is 5.60 Å². The van der Waals surface area contributed by atoms with Crippen molar-refractivity contribution in [1.29, 1.82) is 0 Å². The SMILES string of the molecule is COc1cccc2cc(C(=O)NCC(C)(O)CSC)oc12. The van der Waals surface area contributed by atoms with Crippen molar-refractivity contribution in [2.24, 2.45) is 0 Å². The normalized spacial score (nSPS) is 13.9. The van der Waals surface area contributed by atoms with Gasteiger partial charge in [-0.1, -0.05) is 12.1 Å². The summed E-state index contributed by atoms with van der Waals surface area (Å²) in [5.41, 5.74) is -0.403. The van der Waals surface area contributed by atoms with Crippen LogP contribution >= 0.6 is 11.8 Å². The number of hydrogen-bond donors (Lipinski definition) is 2. The van der Waals surface area contributed by atoms with Crippen LogP contribution in [0.4, 0.5) is 0 Å². The number of aliphatic hydroxyl groups is 1. The highest BCUT2D eigenvalue weighted by molar-refractivity contribution is 7.98. The van der Waals surface area contributed by atoms with E-state index in [4.69, 9.17) is 9.15 Å². The number of carbonyl (C=O) groups excluding carboxylic acids is 1. The number of rotatable bonds is 6. The van der Waals surface area contributed by atoms with Crippen LogP contribution in [0.15, 0.2) is 28.7 Å². The zero-order valence-electron chi connectivity index (χ0n) is 12.3. The average Bonchev–Trinajstić information content (AvgIpc) is 2.88. The first-order valence-corrected chi connectivity index (χ1v) is 7.92. The van der Waals surface area contributed by atoms with Crippen molar-refractivity contribution >= 4 is 28.6 Å². The Morgan fingerprint density at radius 2 is 2.29 bits per heavy atom. The maximum absolute atomic E-state index is 12.1. The van der Waals surface area contributed by atoms with E-state index >= 15 is 0 Å². The van der Waals surface area contributed by atoms with Crippen molar-refractivity contribution in [2.75, 3.05) is 25.7 Å². The fourth-order valence-corrected chi connectivity index (χ4v) is 2.75. The molecule has 0 aliphatic rings. The minimum Gasteiger partial charge on any atom is -0.493 e. The van der Waals surface area contributed by atoms with Gasteiger partial charge < -0.3 is 19.6 Å². The van der Waals surface area contributed by atoms with Gasteiger partial charge in [0.25, 0.3) is 5.91 Å². The Kier molecular flexibility index (Phi) is 4.80. The molecular weight excluding hydrogens is 290 g/mol. The van der Waals surface area contributed by atoms with Gasteiger partial charge in [-0.05, 0) is 25.3 Å². The molecule has 0 fully saturated rings. The van der Waals surface area contributed by atoms with Crippen LogP contribution in [0, 0.1) is 0 Å². The third kappa shape index (κ3) is 3.71. The van der Waals surface area contributed by atoms with E-state index in [0.717, 1.165) is 5.39 Å². The van der Waals surface area contributed by atoms with Crippen molar-refractivity contribution in [3.63, 3.8) is 0 Å². The minimum absolute atomic E-state index is 0.168. The van der Waals surface area contributed by atoms with Gasteiger partial charge in [0.15, 0.2) is 17.1 Å². The summed E-state index contributed by atoms with van der Waals surface area (Å²) in [4.78, 5) is 12.1. The van der Waals surface area contributed by atoms with Gasteiger partial charge in [0.2, 0.25) is 0 Å². The van der Waals surface area contributed by atoms with Crippen molar-refractivity contribution < 1.29 is 19.1 Å². The molecule has 0 bridgehead atoms. The van der Waals surface area contributed by atoms with E-state index in [1.54, 1.807) is 26.2 Å². The quantitative estimate of drug-likeness (QED) is 0.856. The van der Waals surface area contributed by atoms with Gasteiger partial charge in [0.1, 0.15) is 0 Å². The molecule has 6 heteroatoms. The number of carbonyl (C=O) groups is 1. The summed E-state index contributed by atoms with van der Waals surface area (Å²) in [6.45, 7) is 1.85. The molecular formula is C15H19NO4S. The minimum atomic E-state index is -0.946. The lowest BCUT2D eigenvalue weighted by atomic mass is 10.1. The van der Waals surface area contributed by atoms with Crippen molar-refractivity contribution in [3.05, 3.63) is 30.0 Å². The van der Waals surface area contributed by atoms with E-state index in [1.807, 2.05) is 18.4 Å². The first-order valence-electron chi connectivity index (χ1n) is 6.53. The molecule has 2 aromatic rings. The third-order valence-electron chi connectivity index (χ3n) is 3.04. The van der Waals surface area contributed by atoms with Crippen LogP contribution in [0.1, 0.15) is 17.5 Å². The highest BCUT2D eigenvalue weighted by Crippen LogP contribution is 2.28. The molecule has 1 heterocycles. The molecule has 21 heavy (non-hydrogen) atoms. The summed E-state index contributed by atoms with van der Waals surface area (Å²) in [6, 6.07) is 7.12. The molecule has 5 nitrogen and oxygen atoms in total. The zero-order chi connectivity index (χ0) is 15.5. The Bertz CT molecular complexity index is 636. The Morgan fingerprint density at radius 3 is 2.95 bits per heavy atom. The second kappa shape index (κ2) is 6.41. The maximum atomic E-state index is 12.1. The lowest BCUT2D eigenvalue weighted by Crippen LogP contribution is -2.42. The molecule has 0 radical (unpaired) electrons. The lowest BCUT2D eigenvalue weighted by molar-refractivity contribution is 0.0711. The van der Waals surface area contributed by atoms with E-state index in [0.29, 0.717) is 17.1 Å². The number of para-hydroxylation sites is 1. The number of ether oxygens (including phenoxy) is 1. The Hall–Kier alpha value is -1.66. The molecule has 1 amide bonds. The number of hydrogen-bond acceptors (Lipinski definition) is 5. The predicted molar refractivity (Wildman–Crippen MR) is 84.1 cm³/mol. The molecule has 0 spiro atoms. The number of furan rings is 1. The molecule has 1 unspecified atom stereocenters. The second-order valence-corrected chi connectivity index (χ2v) is 5.97. The number of thioether (sulfide) groups is 1. The predicted octanol–water partition coefficient (Wildman–Crippen LogP) is 2.29. The van der Waals surface area contributed by atoms with E-state index in [9.17, 15) is 9.90 Å². The summed E-state index contributed by atoms with van der Waals surface area (Å²) in [6.07, 6.45) is 1.90. The lowest BCUT2D eigenvalue weighted by Gasteiger charge is -2.22. The summed E-state index contributed by atoms with van der Waals surface area (Å²) in [7, 11) is 1.55. The number of amides is 1. The molecule has 2 N–H and O–H groups in total. The van der Waals surface area contributed by atoms with E-state index in [1.165, 1.54) is 11.8 Å². The summed E-state index contributed by atoms with van der Waals surface area (Å²) in [5.74, 6) is 0.978. The Labute approximate surface area is 127 Å². The highest BCUT2D eigenvalue weighted by Gasteiger charge is 2.22. The van der Waals surface area contributed by atoms with Crippen LogP contribution in [0.25, 0.3) is 11.0 Å². The molecule has 1 atom stereocenters. The number of benzene rings is 1. The van der Waals surface area contributed by atoms with Gasteiger partial charge >= 0.3 is 0 Å². The second-order valence-electron chi connectivity index (χ2n) is 5.10. The van der Waals surface area contributed by atoms with Crippen LogP contribution in [0.5, 0.6) is 5.75 Å². The summed E-state index contributed by atoms with van der Waals surface area (Å²) < 4.78 is 10.8. The summed E-state index contributed by atoms with van der Waals surface area (Å²) in [5, 5.41) is 13.5. The molecule has 0 aliphatic carbocycles. The van der Waals surface area contributed by atoms with Gasteiger partial charge in [-0.25, -0.2) is 0 Å². The van der Waals surface area contributed by atoms with Crippen molar-refractivity contribution in [2.45, 2.75) is 12.5 Å². The first-order chi connectivity index (χ1) is 9.96. The van der Waals surface area contributed by atoms with Gasteiger partial charge in [-0.2, -0.15) is 11.8 Å². The fraction of sp³-hybridized carbons (Fsp3) is 0.400. The van der Waals surface area contributed by atoms with Crippen LogP contribution in [-0.2, 0) is 0 Å². The van der Waals surface area contributed by atoms with Gasteiger partial charge in [-0.15, -0.1) is 0 Å². The summed E-state index contributed by atoms with van der Waals surface area (Å²) >= 11 is 1.52. The third-order valence-corrected chi connectivity index (χ3v) is 3.95. The largest absolute Gasteiger partial charge is 0.493 e. The molecule has 0 saturated heterocycles. The molecule has 114 valence electrons. The smallest absolute Gasteiger partial charge is 0.287 e. The van der Waals surface area contributed by atoms with Crippen LogP contribution < -0.4 is 10.1 Å². The molecule has 2 rings (SSSR count). The molecule has 1 aromatic carbocycles. The van der Waals surface area contributed by atoms with E-state index in [2.05, 4.69) is 5.32 Å². The van der Waals surface area contributed by atoms with Crippen LogP contribution in [0.3, 0.4) is 0 Å². The number of fused-ring (bicyclic) bond motifs is 1. The molecule has 1 aromatic heterocycles. The van der Waals surface area contributed by atoms with E-state index in [-0.39, 0.29) is 18.2 Å². The molecule has 0 aliphatic heterocycles. The average molecular weight is 309 g/mol. The first kappa shape index (κ1) is 15.7. The van der Waals surface area contributed by atoms with Gasteiger partial charge in [0.05, 0.1) is 12.7 Å². The zero-order valence-corrected chi connectivity index (χ0v) is 13.1. The van der Waals surface area contributed by atoms with Crippen molar-refractivity contribution in [1.82, 2.24) is 5.32 Å². The monoisotopic (exact) mass is 309 g/mol. The Balaban J connectivity index is 2.13. The standard InChI is InChI=1S/C15H19NO4S/c1-15(18,9-21-3)8-16-14(17)12-7-10-5-4-6-11(19-2)13(10)20-12/h4-7,18H,8-9H2,1-3H3,(H,16,17). The van der Waals surface area contributed by atoms with Crippen molar-refractivity contribution in [3.8, 4) is 5.75 Å².